The number of phenolic OH excluding ortho intramolecular Hbond substituents is 1. The molecule has 0 radical (unpaired) electrons. The van der Waals surface area contributed by atoms with Crippen LogP contribution in [0, 0.1) is 11.7 Å². The Labute approximate surface area is 232 Å². The van der Waals surface area contributed by atoms with Crippen molar-refractivity contribution in [1.29, 1.82) is 0 Å². The second kappa shape index (κ2) is 9.93. The minimum atomic E-state index is -1.38. The number of carbonyl (C=O) groups is 2. The van der Waals surface area contributed by atoms with Gasteiger partial charge in [-0.1, -0.05) is 42.5 Å². The maximum atomic E-state index is 14.6. The van der Waals surface area contributed by atoms with Crippen LogP contribution in [0.2, 0.25) is 5.02 Å². The number of aromatic hydroxyl groups is 1. The van der Waals surface area contributed by atoms with Crippen molar-refractivity contribution < 1.29 is 23.8 Å². The normalized spacial score (nSPS) is 22.6. The van der Waals surface area contributed by atoms with Gasteiger partial charge < -0.3 is 9.84 Å². The summed E-state index contributed by atoms with van der Waals surface area (Å²) in [5.41, 5.74) is 3.90. The molecular weight excluding hydrogens is 575 g/mol. The topological polar surface area (TPSA) is 78.9 Å². The highest BCUT2D eigenvalue weighted by Gasteiger charge is 2.65. The van der Waals surface area contributed by atoms with Crippen LogP contribution in [0.25, 0.3) is 0 Å². The summed E-state index contributed by atoms with van der Waals surface area (Å²) in [6.45, 7) is 3.99. The minimum Gasteiger partial charge on any atom is -0.503 e. The molecule has 0 saturated carbocycles. The maximum Gasteiger partial charge on any atom is 0.260 e. The van der Waals surface area contributed by atoms with Crippen molar-refractivity contribution in [1.82, 2.24) is 5.01 Å². The predicted molar refractivity (Wildman–Crippen MR) is 146 cm³/mol. The third-order valence-electron chi connectivity index (χ3n) is 7.25. The van der Waals surface area contributed by atoms with Crippen LogP contribution in [-0.2, 0) is 15.0 Å². The van der Waals surface area contributed by atoms with E-state index in [9.17, 15) is 19.1 Å². The first-order valence-corrected chi connectivity index (χ1v) is 12.9. The zero-order chi connectivity index (χ0) is 27.2. The van der Waals surface area contributed by atoms with Gasteiger partial charge in [0.2, 0.25) is 0 Å². The highest BCUT2D eigenvalue weighted by Crippen LogP contribution is 2.58. The van der Waals surface area contributed by atoms with E-state index in [4.69, 9.17) is 16.3 Å². The van der Waals surface area contributed by atoms with Gasteiger partial charge in [-0.05, 0) is 87.6 Å². The number of imide groups is 1. The molecule has 3 aromatic rings. The van der Waals surface area contributed by atoms with E-state index in [0.717, 1.165) is 10.6 Å². The third-order valence-corrected chi connectivity index (χ3v) is 8.11. The number of amides is 2. The fourth-order valence-corrected chi connectivity index (χ4v) is 6.17. The molecule has 0 aromatic heterocycles. The highest BCUT2D eigenvalue weighted by atomic mass is 79.9. The first kappa shape index (κ1) is 26.0. The van der Waals surface area contributed by atoms with E-state index in [2.05, 4.69) is 27.9 Å². The number of ether oxygens (including phenoxy) is 1. The predicted octanol–water partition coefficient (Wildman–Crippen LogP) is 6.51. The summed E-state index contributed by atoms with van der Waals surface area (Å²) in [6, 6.07) is 15.7. The van der Waals surface area contributed by atoms with E-state index in [1.165, 1.54) is 31.4 Å². The van der Waals surface area contributed by atoms with Crippen LogP contribution in [-0.4, -0.2) is 29.0 Å². The van der Waals surface area contributed by atoms with E-state index in [1.54, 1.807) is 42.5 Å². The molecule has 1 heterocycles. The SMILES string of the molecule is C=CC1=CCC2C(=O)N(Nc3ccc(F)cc3)C(=O)C2(c2ccc(Cl)cc2)C1c1cc(Br)c(O)c(OC)c1. The highest BCUT2D eigenvalue weighted by molar-refractivity contribution is 9.10. The molecule has 1 aliphatic carbocycles. The molecule has 3 unspecified atom stereocenters. The summed E-state index contributed by atoms with van der Waals surface area (Å²) in [4.78, 5) is 28.5. The van der Waals surface area contributed by atoms with Gasteiger partial charge in [0.15, 0.2) is 11.5 Å². The molecule has 0 bridgehead atoms. The van der Waals surface area contributed by atoms with Crippen molar-refractivity contribution in [2.75, 3.05) is 12.5 Å². The van der Waals surface area contributed by atoms with Gasteiger partial charge in [0, 0.05) is 10.9 Å². The van der Waals surface area contributed by atoms with Gasteiger partial charge in [0.05, 0.1) is 28.6 Å². The molecule has 2 aliphatic rings. The van der Waals surface area contributed by atoms with Crippen molar-refractivity contribution in [3.8, 4) is 11.5 Å². The Hall–Kier alpha value is -3.62. The third kappa shape index (κ3) is 3.99. The van der Waals surface area contributed by atoms with Crippen LogP contribution >= 0.6 is 27.5 Å². The Morgan fingerprint density at radius 3 is 2.50 bits per heavy atom. The molecule has 1 saturated heterocycles. The second-order valence-corrected chi connectivity index (χ2v) is 10.4. The number of nitrogens with one attached hydrogen (secondary N) is 1. The number of carbonyl (C=O) groups excluding carboxylic acids is 2. The van der Waals surface area contributed by atoms with Crippen molar-refractivity contribution in [2.45, 2.75) is 17.8 Å². The van der Waals surface area contributed by atoms with Gasteiger partial charge in [-0.25, -0.2) is 4.39 Å². The molecule has 5 rings (SSSR count). The van der Waals surface area contributed by atoms with Gasteiger partial charge >= 0.3 is 0 Å². The van der Waals surface area contributed by atoms with Crippen LogP contribution in [0.1, 0.15) is 23.5 Å². The number of hydrazine groups is 1. The number of methoxy groups -OCH3 is 1. The smallest absolute Gasteiger partial charge is 0.260 e. The molecule has 194 valence electrons. The zero-order valence-corrected chi connectivity index (χ0v) is 22.6. The zero-order valence-electron chi connectivity index (χ0n) is 20.3. The fourth-order valence-electron chi connectivity index (χ4n) is 5.58. The average molecular weight is 598 g/mol. The van der Waals surface area contributed by atoms with Crippen LogP contribution in [0.5, 0.6) is 11.5 Å². The number of anilines is 1. The van der Waals surface area contributed by atoms with Crippen molar-refractivity contribution >= 4 is 45.0 Å². The number of phenols is 1. The largest absolute Gasteiger partial charge is 0.503 e. The molecule has 2 N–H and O–H groups in total. The number of allylic oxidation sites excluding steroid dienone is 3. The van der Waals surface area contributed by atoms with E-state index in [0.29, 0.717) is 32.7 Å². The molecule has 3 atom stereocenters. The van der Waals surface area contributed by atoms with Gasteiger partial charge in [-0.2, -0.15) is 5.01 Å². The maximum absolute atomic E-state index is 14.6. The number of hydrogen-bond acceptors (Lipinski definition) is 5. The Kier molecular flexibility index (Phi) is 6.79. The Bertz CT molecular complexity index is 1480. The van der Waals surface area contributed by atoms with Crippen molar-refractivity contribution in [2.24, 2.45) is 5.92 Å². The summed E-state index contributed by atoms with van der Waals surface area (Å²) in [5.74, 6) is -2.62. The summed E-state index contributed by atoms with van der Waals surface area (Å²) >= 11 is 9.60. The number of halogens is 3. The molecule has 0 spiro atoms. The van der Waals surface area contributed by atoms with Crippen LogP contribution < -0.4 is 10.2 Å². The Morgan fingerprint density at radius 1 is 1.18 bits per heavy atom. The van der Waals surface area contributed by atoms with Crippen LogP contribution in [0.15, 0.2) is 89.4 Å². The molecule has 1 aliphatic heterocycles. The molecule has 38 heavy (non-hydrogen) atoms. The molecule has 3 aromatic carbocycles. The number of rotatable bonds is 6. The van der Waals surface area contributed by atoms with Crippen molar-refractivity contribution in [3.63, 3.8) is 0 Å². The minimum absolute atomic E-state index is 0.0817. The van der Waals surface area contributed by atoms with Crippen molar-refractivity contribution in [3.05, 3.63) is 111 Å². The molecule has 1 fully saturated rings. The number of benzene rings is 3. The number of fused-ring (bicyclic) bond motifs is 1. The monoisotopic (exact) mass is 596 g/mol. The second-order valence-electron chi connectivity index (χ2n) is 9.16. The molecular formula is C29H23BrClFN2O4. The van der Waals surface area contributed by atoms with Gasteiger partial charge in [0.25, 0.3) is 11.8 Å². The summed E-state index contributed by atoms with van der Waals surface area (Å²) in [5, 5.41) is 12.0. The average Bonchev–Trinajstić information content (AvgIpc) is 3.13. The molecule has 2 amide bonds. The summed E-state index contributed by atoms with van der Waals surface area (Å²) in [6.07, 6.45) is 3.89. The van der Waals surface area contributed by atoms with Gasteiger partial charge in [0.1, 0.15) is 5.82 Å². The van der Waals surface area contributed by atoms with E-state index < -0.39 is 34.9 Å². The summed E-state index contributed by atoms with van der Waals surface area (Å²) in [7, 11) is 1.44. The lowest BCUT2D eigenvalue weighted by molar-refractivity contribution is -0.138. The quantitative estimate of drug-likeness (QED) is 0.317. The van der Waals surface area contributed by atoms with E-state index in [-0.39, 0.29) is 11.5 Å². The Balaban J connectivity index is 1.76. The fraction of sp³-hybridized carbons (Fsp3) is 0.172. The lowest BCUT2D eigenvalue weighted by Crippen LogP contribution is -2.48. The first-order chi connectivity index (χ1) is 18.2. The van der Waals surface area contributed by atoms with Gasteiger partial charge in [-0.15, -0.1) is 0 Å². The lowest BCUT2D eigenvalue weighted by Gasteiger charge is -2.43. The van der Waals surface area contributed by atoms with Crippen LogP contribution in [0.4, 0.5) is 10.1 Å². The standard InChI is InChI=1S/C29H23BrClFN2O4/c1-3-16-4-13-22-27(36)34(33-21-11-9-20(32)10-12-21)28(37)29(22,18-5-7-19(31)8-6-18)25(16)17-14-23(30)26(35)24(15-17)38-2/h3-12,14-15,22,25,33,35H,1,13H2,2H3. The van der Waals surface area contributed by atoms with E-state index in [1.807, 2.05) is 6.08 Å². The summed E-state index contributed by atoms with van der Waals surface area (Å²) < 4.78 is 19.3. The lowest BCUT2D eigenvalue weighted by atomic mass is 9.56. The molecule has 6 nitrogen and oxygen atoms in total. The number of nitrogens with zero attached hydrogens (tertiary/aromatic N) is 1. The van der Waals surface area contributed by atoms with E-state index >= 15 is 0 Å². The molecule has 9 heteroatoms. The van der Waals surface area contributed by atoms with Crippen LogP contribution in [0.3, 0.4) is 0 Å². The van der Waals surface area contributed by atoms with Gasteiger partial charge in [-0.3, -0.25) is 15.0 Å². The number of hydrogen-bond donors (Lipinski definition) is 2. The Morgan fingerprint density at radius 2 is 1.87 bits per heavy atom. The first-order valence-electron chi connectivity index (χ1n) is 11.8.